The summed E-state index contributed by atoms with van der Waals surface area (Å²) in [4.78, 5) is 119. The molecule has 1 saturated heterocycles. The Morgan fingerprint density at radius 2 is 1.36 bits per heavy atom. The number of carboxylic acids is 1. The molecule has 10 atom stereocenters. The Labute approximate surface area is 416 Å². The van der Waals surface area contributed by atoms with E-state index < -0.39 is 156 Å². The Bertz CT molecular complexity index is 2470. The van der Waals surface area contributed by atoms with Crippen LogP contribution in [-0.2, 0) is 49.5 Å². The van der Waals surface area contributed by atoms with E-state index in [1.165, 1.54) is 39.2 Å². The molecule has 2 aromatic carbocycles. The fourth-order valence-corrected chi connectivity index (χ4v) is 9.29. The van der Waals surface area contributed by atoms with Crippen molar-refractivity contribution in [3.05, 3.63) is 51.6 Å². The summed E-state index contributed by atoms with van der Waals surface area (Å²) in [6.07, 6.45) is -5.19. The van der Waals surface area contributed by atoms with E-state index in [0.29, 0.717) is 0 Å². The molecule has 0 saturated carbocycles. The first-order valence-corrected chi connectivity index (χ1v) is 24.0. The number of benzene rings is 2. The van der Waals surface area contributed by atoms with Crippen molar-refractivity contribution in [1.82, 2.24) is 26.6 Å². The molecule has 5 rings (SSSR count). The largest absolute Gasteiger partial charge is 0.507 e. The van der Waals surface area contributed by atoms with Gasteiger partial charge < -0.3 is 66.3 Å². The van der Waals surface area contributed by atoms with E-state index in [4.69, 9.17) is 19.3 Å². The highest BCUT2D eigenvalue weighted by Crippen LogP contribution is 2.52. The van der Waals surface area contributed by atoms with E-state index >= 15 is 0 Å². The highest BCUT2D eigenvalue weighted by molar-refractivity contribution is 6.31. The van der Waals surface area contributed by atoms with Crippen LogP contribution in [0.25, 0.3) is 0 Å². The molecular formula is C50H67N5O17. The molecule has 394 valence electrons. The van der Waals surface area contributed by atoms with Crippen molar-refractivity contribution in [1.29, 1.82) is 0 Å². The average molecular weight is 1010 g/mol. The molecule has 5 amide bonds. The SMILES string of the molecule is COc1cccc2c1C(=O)c1c(O)c3c(c(O)c1C2=O)CC(O)(C(=O)CO)CC3OC1CC(NC(=O)C(CC(C)C)NC(=O)C(C)NC(=O)C(CC(C)C)NC(=O)C(C)NC(=O)CCC(=O)O)C(C)C(C)O1. The highest BCUT2D eigenvalue weighted by atomic mass is 16.7. The summed E-state index contributed by atoms with van der Waals surface area (Å²) in [5, 5.41) is 67.5. The quantitative estimate of drug-likeness (QED) is 0.0674. The van der Waals surface area contributed by atoms with Crippen molar-refractivity contribution in [2.75, 3.05) is 13.7 Å². The van der Waals surface area contributed by atoms with Crippen molar-refractivity contribution < 1.29 is 82.9 Å². The predicted octanol–water partition coefficient (Wildman–Crippen LogP) is 1.37. The van der Waals surface area contributed by atoms with Crippen LogP contribution in [-0.4, -0.2) is 140 Å². The van der Waals surface area contributed by atoms with E-state index in [9.17, 15) is 63.6 Å². The molecule has 0 radical (unpaired) electrons. The number of Topliss-reactive ketones (excluding diaryl/α,β-unsaturated/α-hetero) is 1. The number of aliphatic hydroxyl groups is 2. The molecule has 2 aromatic rings. The molecule has 10 unspecified atom stereocenters. The number of rotatable bonds is 21. The number of fused-ring (bicyclic) bond motifs is 3. The summed E-state index contributed by atoms with van der Waals surface area (Å²) >= 11 is 0. The lowest BCUT2D eigenvalue weighted by molar-refractivity contribution is -0.238. The topological polar surface area (TPSA) is 343 Å². The minimum atomic E-state index is -2.39. The molecule has 0 bridgehead atoms. The molecule has 22 heteroatoms. The molecule has 1 heterocycles. The van der Waals surface area contributed by atoms with E-state index in [-0.39, 0.29) is 71.4 Å². The van der Waals surface area contributed by atoms with Gasteiger partial charge in [0.15, 0.2) is 17.9 Å². The Kier molecular flexibility index (Phi) is 18.3. The van der Waals surface area contributed by atoms with Gasteiger partial charge in [0.25, 0.3) is 0 Å². The third-order valence-corrected chi connectivity index (χ3v) is 13.3. The zero-order valence-electron chi connectivity index (χ0n) is 41.9. The Hall–Kier alpha value is -6.49. The highest BCUT2D eigenvalue weighted by Gasteiger charge is 2.50. The van der Waals surface area contributed by atoms with Crippen molar-refractivity contribution in [2.24, 2.45) is 17.8 Å². The number of aliphatic carboxylic acids is 1. The summed E-state index contributed by atoms with van der Waals surface area (Å²) in [7, 11) is 1.29. The number of phenolic OH excluding ortho intramolecular Hbond substituents is 2. The number of ether oxygens (including phenoxy) is 3. The van der Waals surface area contributed by atoms with Gasteiger partial charge in [-0.05, 0) is 51.5 Å². The fourth-order valence-electron chi connectivity index (χ4n) is 9.29. The van der Waals surface area contributed by atoms with Crippen LogP contribution in [0.1, 0.15) is 143 Å². The number of methoxy groups -OCH3 is 1. The first-order chi connectivity index (χ1) is 33.7. The molecule has 1 fully saturated rings. The molecule has 22 nitrogen and oxygen atoms in total. The molecule has 0 spiro atoms. The van der Waals surface area contributed by atoms with Crippen molar-refractivity contribution in [3.8, 4) is 17.2 Å². The van der Waals surface area contributed by atoms with Crippen LogP contribution < -0.4 is 31.3 Å². The normalized spacial score (nSPS) is 23.0. The minimum absolute atomic E-state index is 0.0369. The zero-order valence-corrected chi connectivity index (χ0v) is 41.9. The number of ketones is 3. The van der Waals surface area contributed by atoms with Crippen molar-refractivity contribution in [2.45, 2.75) is 155 Å². The second kappa shape index (κ2) is 23.4. The predicted molar refractivity (Wildman–Crippen MR) is 254 cm³/mol. The zero-order chi connectivity index (χ0) is 53.7. The first-order valence-electron chi connectivity index (χ1n) is 24.0. The molecule has 10 N–H and O–H groups in total. The minimum Gasteiger partial charge on any atom is -0.507 e. The monoisotopic (exact) mass is 1010 g/mol. The van der Waals surface area contributed by atoms with Crippen LogP contribution in [0.15, 0.2) is 18.2 Å². The van der Waals surface area contributed by atoms with Crippen LogP contribution in [0.3, 0.4) is 0 Å². The number of hydrogen-bond acceptors (Lipinski definition) is 16. The number of carbonyl (C=O) groups is 9. The standard InChI is InChI=1S/C50H67N5O17/c1-21(2)15-30(54-46(65)24(6)51-35(58)13-14-36(59)60)48(67)52-25(7)47(66)55-31(16-22(3)4)49(68)53-29-17-37(71-26(8)23(29)5)72-33-19-50(69,34(57)20-56)18-28-39(33)45(64)41-40(43(28)62)42(61)27-11-10-12-32(70-9)38(27)44(41)63/h10-12,21-26,29-31,33,37,56,62,64,69H,13-20H2,1-9H3,(H,51,58)(H,52,67)(H,53,68)(H,54,65)(H,55,66)(H,59,60). The maximum absolute atomic E-state index is 14.2. The number of phenols is 2. The number of aromatic hydroxyl groups is 2. The van der Waals surface area contributed by atoms with Gasteiger partial charge in [-0.1, -0.05) is 46.8 Å². The van der Waals surface area contributed by atoms with Crippen LogP contribution in [0.4, 0.5) is 0 Å². The number of aliphatic hydroxyl groups excluding tert-OH is 1. The number of hydrogen-bond donors (Lipinski definition) is 10. The molecule has 3 aliphatic rings. The summed E-state index contributed by atoms with van der Waals surface area (Å²) in [6, 6.07) is -1.02. The summed E-state index contributed by atoms with van der Waals surface area (Å²) in [5.41, 5.74) is -4.23. The van der Waals surface area contributed by atoms with Gasteiger partial charge in [-0.25, -0.2) is 0 Å². The Morgan fingerprint density at radius 1 is 0.778 bits per heavy atom. The second-order valence-corrected chi connectivity index (χ2v) is 19.8. The van der Waals surface area contributed by atoms with Crippen LogP contribution in [0.2, 0.25) is 0 Å². The summed E-state index contributed by atoms with van der Waals surface area (Å²) in [5.74, 6) is -9.42. The third kappa shape index (κ3) is 12.6. The molecule has 0 aromatic heterocycles. The van der Waals surface area contributed by atoms with Gasteiger partial charge in [0, 0.05) is 54.3 Å². The van der Waals surface area contributed by atoms with Crippen LogP contribution in [0.5, 0.6) is 17.2 Å². The molecular weight excluding hydrogens is 943 g/mol. The summed E-state index contributed by atoms with van der Waals surface area (Å²) < 4.78 is 18.0. The second-order valence-electron chi connectivity index (χ2n) is 19.8. The van der Waals surface area contributed by atoms with Gasteiger partial charge in [0.1, 0.15) is 53.6 Å². The van der Waals surface area contributed by atoms with Gasteiger partial charge >= 0.3 is 5.97 Å². The lowest BCUT2D eigenvalue weighted by atomic mass is 9.72. The number of carboxylic acid groups (broad SMARTS) is 1. The first kappa shape index (κ1) is 56.4. The Morgan fingerprint density at radius 3 is 1.93 bits per heavy atom. The van der Waals surface area contributed by atoms with Crippen LogP contribution >= 0.6 is 0 Å². The van der Waals surface area contributed by atoms with E-state index in [0.717, 1.165) is 0 Å². The maximum Gasteiger partial charge on any atom is 0.303 e. The average Bonchev–Trinajstić information content (AvgIpc) is 3.30. The van der Waals surface area contributed by atoms with E-state index in [2.05, 4.69) is 26.6 Å². The van der Waals surface area contributed by atoms with Crippen molar-refractivity contribution in [3.63, 3.8) is 0 Å². The summed E-state index contributed by atoms with van der Waals surface area (Å²) in [6.45, 7) is 12.5. The van der Waals surface area contributed by atoms with Gasteiger partial charge in [-0.15, -0.1) is 0 Å². The van der Waals surface area contributed by atoms with Gasteiger partial charge in [-0.2, -0.15) is 0 Å². The number of nitrogens with one attached hydrogen (secondary N) is 5. The number of amides is 5. The van der Waals surface area contributed by atoms with Crippen LogP contribution in [0, 0.1) is 17.8 Å². The fraction of sp³-hybridized carbons (Fsp3) is 0.580. The Balaban J connectivity index is 1.34. The lowest BCUT2D eigenvalue weighted by Gasteiger charge is -2.43. The van der Waals surface area contributed by atoms with E-state index in [1.54, 1.807) is 13.8 Å². The molecule has 72 heavy (non-hydrogen) atoms. The van der Waals surface area contributed by atoms with E-state index in [1.807, 2.05) is 27.7 Å². The maximum atomic E-state index is 14.2. The van der Waals surface area contributed by atoms with Gasteiger partial charge in [0.2, 0.25) is 35.3 Å². The van der Waals surface area contributed by atoms with Crippen molar-refractivity contribution >= 4 is 52.9 Å². The smallest absolute Gasteiger partial charge is 0.303 e. The third-order valence-electron chi connectivity index (χ3n) is 13.3. The number of carbonyl (C=O) groups excluding carboxylic acids is 8. The van der Waals surface area contributed by atoms with Gasteiger partial charge in [-0.3, -0.25) is 43.2 Å². The molecule has 2 aliphatic carbocycles. The molecule has 1 aliphatic heterocycles. The van der Waals surface area contributed by atoms with Gasteiger partial charge in [0.05, 0.1) is 42.4 Å². The lowest BCUT2D eigenvalue weighted by Crippen LogP contribution is -2.59.